The predicted molar refractivity (Wildman–Crippen MR) is 274 cm³/mol. The normalized spacial score (nSPS) is 15.4. The minimum Gasteiger partial charge on any atom is -0.391 e. The van der Waals surface area contributed by atoms with Crippen molar-refractivity contribution in [1.29, 1.82) is 0 Å². The Morgan fingerprint density at radius 1 is 0.838 bits per heavy atom. The number of benzene rings is 3. The number of likely N-dealkylation sites (tertiary alicyclic amines) is 1. The summed E-state index contributed by atoms with van der Waals surface area (Å²) in [6.45, 7) is 9.30. The number of aliphatic hydroxyl groups excluding tert-OH is 1. The quantitative estimate of drug-likeness (QED) is 0.0434. The Labute approximate surface area is 431 Å². The summed E-state index contributed by atoms with van der Waals surface area (Å²) in [5.74, 6) is -1.59. The summed E-state index contributed by atoms with van der Waals surface area (Å²) in [4.78, 5) is 72.8. The van der Waals surface area contributed by atoms with Crippen molar-refractivity contribution in [3.8, 4) is 16.1 Å². The molecule has 0 bridgehead atoms. The van der Waals surface area contributed by atoms with Crippen molar-refractivity contribution in [3.63, 3.8) is 0 Å². The average Bonchev–Trinajstić information content (AvgIpc) is 4.14. The van der Waals surface area contributed by atoms with Gasteiger partial charge in [0.2, 0.25) is 23.6 Å². The fourth-order valence-electron chi connectivity index (χ4n) is 8.87. The number of unbranched alkanes of at least 4 members (excludes halogenated alkanes) is 2. The maximum absolute atomic E-state index is 14.0. The van der Waals surface area contributed by atoms with Gasteiger partial charge in [0.15, 0.2) is 5.65 Å². The molecule has 1 fully saturated rings. The first-order chi connectivity index (χ1) is 35.3. The number of fused-ring (bicyclic) bond motifs is 3. The van der Waals surface area contributed by atoms with Crippen LogP contribution in [-0.4, -0.2) is 123 Å². The number of carbonyl (C=O) groups is 5. The van der Waals surface area contributed by atoms with Crippen LogP contribution >= 0.6 is 11.3 Å². The molecule has 0 spiro atoms. The Morgan fingerprint density at radius 2 is 1.51 bits per heavy atom. The van der Waals surface area contributed by atoms with E-state index in [2.05, 4.69) is 31.3 Å². The number of thiazole rings is 1. The summed E-state index contributed by atoms with van der Waals surface area (Å²) in [7, 11) is 1.75. The highest BCUT2D eigenvalue weighted by Gasteiger charge is 2.44. The monoisotopic (exact) mass is 1040 g/mol. The van der Waals surface area contributed by atoms with Crippen molar-refractivity contribution >= 4 is 62.8 Å². The zero-order valence-electron chi connectivity index (χ0n) is 42.2. The van der Waals surface area contributed by atoms with Gasteiger partial charge < -0.3 is 40.7 Å². The standard InChI is InChI=1S/C53H64F3N9O8S/c1-33-46(74-32-60-33)35-13-11-34(12-14-35)29-59-50(70)43-28-39(66)30-64(43)51(71)47(52(2,3)4)61-45(68)10-8-6-7-9-44(67)57-21-23-72-25-26-73-24-22-58-49(69)36-15-20-42-40(27-36)41-31-63(5)62-48(41)65(42)38-18-16-37(17-19-38)53(54,55)56/h11-20,27,31-32,39,43,47,66H,6-10,21-26,28-30H2,1-5H3,(H,57,67)(H,58,69)(H,59,70)(H,61,68)/t39-,43+,47?/m1/s1. The van der Waals surface area contributed by atoms with Crippen LogP contribution in [0.15, 0.2) is 78.4 Å². The van der Waals surface area contributed by atoms with Crippen molar-refractivity contribution in [1.82, 2.24) is 45.5 Å². The van der Waals surface area contributed by atoms with Crippen LogP contribution in [0.2, 0.25) is 0 Å². The number of rotatable bonds is 23. The van der Waals surface area contributed by atoms with Gasteiger partial charge in [-0.15, -0.1) is 11.3 Å². The molecule has 21 heteroatoms. The van der Waals surface area contributed by atoms with E-state index < -0.39 is 41.2 Å². The largest absolute Gasteiger partial charge is 0.416 e. The number of alkyl halides is 3. The third kappa shape index (κ3) is 14.1. The van der Waals surface area contributed by atoms with Gasteiger partial charge >= 0.3 is 6.18 Å². The molecule has 5 N–H and O–H groups in total. The molecular formula is C53H64F3N9O8S. The molecule has 1 saturated heterocycles. The van der Waals surface area contributed by atoms with Gasteiger partial charge in [-0.2, -0.15) is 18.3 Å². The van der Waals surface area contributed by atoms with Gasteiger partial charge in [0.1, 0.15) is 12.1 Å². The second kappa shape index (κ2) is 24.6. The van der Waals surface area contributed by atoms with Gasteiger partial charge in [0.05, 0.1) is 59.7 Å². The molecule has 0 saturated carbocycles. The third-order valence-electron chi connectivity index (χ3n) is 12.8. The lowest BCUT2D eigenvalue weighted by atomic mass is 9.85. The second-order valence-electron chi connectivity index (χ2n) is 19.5. The van der Waals surface area contributed by atoms with E-state index in [9.17, 15) is 42.3 Å². The van der Waals surface area contributed by atoms with Crippen LogP contribution < -0.4 is 21.3 Å². The molecule has 74 heavy (non-hydrogen) atoms. The smallest absolute Gasteiger partial charge is 0.391 e. The summed E-state index contributed by atoms with van der Waals surface area (Å²) >= 11 is 1.56. The lowest BCUT2D eigenvalue weighted by molar-refractivity contribution is -0.144. The van der Waals surface area contributed by atoms with Gasteiger partial charge in [0.25, 0.3) is 5.91 Å². The number of carbonyl (C=O) groups excluding carboxylic acids is 5. The lowest BCUT2D eigenvalue weighted by Crippen LogP contribution is -2.57. The number of halogens is 3. The van der Waals surface area contributed by atoms with Crippen molar-refractivity contribution in [2.75, 3.05) is 46.1 Å². The SMILES string of the molecule is Cc1ncsc1-c1ccc(CNC(=O)[C@@H]2C[C@@H](O)CN2C(=O)C(NC(=O)CCCCCC(=O)NCCOCCOCCNC(=O)c2ccc3c(c2)c2cn(C)nc2n3-c2ccc(C(F)(F)F)cc2)C(C)(C)C)cc1. The van der Waals surface area contributed by atoms with Gasteiger partial charge in [-0.1, -0.05) is 51.5 Å². The van der Waals surface area contributed by atoms with Crippen LogP contribution in [0.1, 0.15) is 86.5 Å². The summed E-state index contributed by atoms with van der Waals surface area (Å²) in [5, 5.41) is 28.0. The van der Waals surface area contributed by atoms with Gasteiger partial charge in [0, 0.05) is 80.7 Å². The third-order valence-corrected chi connectivity index (χ3v) is 13.7. The Balaban J connectivity index is 0.736. The zero-order chi connectivity index (χ0) is 53.2. The minimum atomic E-state index is -4.46. The molecule has 7 rings (SSSR count). The number of hydrogen-bond donors (Lipinski definition) is 5. The highest BCUT2D eigenvalue weighted by atomic mass is 32.1. The molecule has 1 aliphatic heterocycles. The van der Waals surface area contributed by atoms with Gasteiger partial charge in [-0.3, -0.25) is 33.2 Å². The summed E-state index contributed by atoms with van der Waals surface area (Å²) in [5.41, 5.74) is 5.39. The van der Waals surface area contributed by atoms with Crippen molar-refractivity contribution in [2.45, 2.75) is 97.1 Å². The van der Waals surface area contributed by atoms with Crippen LogP contribution in [0.4, 0.5) is 13.2 Å². The molecule has 1 aliphatic rings. The number of aryl methyl sites for hydroxylation is 2. The number of amides is 5. The number of aliphatic hydroxyl groups is 1. The first kappa shape index (κ1) is 55.1. The van der Waals surface area contributed by atoms with Crippen LogP contribution in [0, 0.1) is 12.3 Å². The number of hydrogen-bond acceptors (Lipinski definition) is 11. The molecular weight excluding hydrogens is 980 g/mol. The summed E-state index contributed by atoms with van der Waals surface area (Å²) in [6, 6.07) is 16.0. The number of aromatic nitrogens is 4. The van der Waals surface area contributed by atoms with E-state index >= 15 is 0 Å². The van der Waals surface area contributed by atoms with E-state index in [-0.39, 0.29) is 89.0 Å². The first-order valence-corrected chi connectivity index (χ1v) is 25.6. The molecule has 17 nitrogen and oxygen atoms in total. The topological polar surface area (TPSA) is 211 Å². The van der Waals surface area contributed by atoms with Gasteiger partial charge in [-0.05, 0) is 78.8 Å². The molecule has 3 atom stereocenters. The highest BCUT2D eigenvalue weighted by Crippen LogP contribution is 2.35. The van der Waals surface area contributed by atoms with E-state index in [1.807, 2.05) is 52.0 Å². The van der Waals surface area contributed by atoms with Crippen molar-refractivity contribution in [2.24, 2.45) is 12.5 Å². The molecule has 5 amide bonds. The molecule has 396 valence electrons. The second-order valence-corrected chi connectivity index (χ2v) is 20.3. The van der Waals surface area contributed by atoms with E-state index in [0.717, 1.165) is 44.6 Å². The Morgan fingerprint density at radius 3 is 2.16 bits per heavy atom. The molecule has 0 aliphatic carbocycles. The molecule has 4 heterocycles. The zero-order valence-corrected chi connectivity index (χ0v) is 43.0. The molecule has 3 aromatic carbocycles. The fourth-order valence-corrected chi connectivity index (χ4v) is 9.68. The van der Waals surface area contributed by atoms with Crippen LogP contribution in [0.3, 0.4) is 0 Å². The van der Waals surface area contributed by atoms with E-state index in [4.69, 9.17) is 9.47 Å². The van der Waals surface area contributed by atoms with E-state index in [1.54, 1.807) is 57.5 Å². The minimum absolute atomic E-state index is 0.0201. The highest BCUT2D eigenvalue weighted by molar-refractivity contribution is 7.13. The number of β-amino-alcohol motifs (C(OH)–C–C–N with tert-alkyl or cyclic N) is 1. The first-order valence-electron chi connectivity index (χ1n) is 24.7. The molecule has 0 radical (unpaired) electrons. The van der Waals surface area contributed by atoms with E-state index in [0.29, 0.717) is 48.2 Å². The van der Waals surface area contributed by atoms with Crippen LogP contribution in [0.5, 0.6) is 0 Å². The molecule has 1 unspecified atom stereocenters. The van der Waals surface area contributed by atoms with Crippen molar-refractivity contribution in [3.05, 3.63) is 101 Å². The Bertz CT molecular complexity index is 2910. The predicted octanol–water partition coefficient (Wildman–Crippen LogP) is 6.61. The van der Waals surface area contributed by atoms with Crippen LogP contribution in [-0.2, 0) is 48.4 Å². The van der Waals surface area contributed by atoms with E-state index in [1.165, 1.54) is 17.0 Å². The summed E-state index contributed by atoms with van der Waals surface area (Å²) < 4.78 is 54.2. The van der Waals surface area contributed by atoms with Gasteiger partial charge in [-0.25, -0.2) is 4.98 Å². The lowest BCUT2D eigenvalue weighted by Gasteiger charge is -2.35. The maximum atomic E-state index is 14.0. The number of ether oxygens (including phenoxy) is 2. The van der Waals surface area contributed by atoms with Crippen molar-refractivity contribution < 1.29 is 51.7 Å². The fraction of sp³-hybridized carbons (Fsp3) is 0.453. The number of nitrogens with zero attached hydrogens (tertiary/aromatic N) is 5. The molecule has 6 aromatic rings. The maximum Gasteiger partial charge on any atom is 0.416 e. The summed E-state index contributed by atoms with van der Waals surface area (Å²) in [6.07, 6.45) is -1.34. The van der Waals surface area contributed by atoms with Crippen LogP contribution in [0.25, 0.3) is 38.1 Å². The Kier molecular flexibility index (Phi) is 18.3. The average molecular weight is 1040 g/mol. The molecule has 3 aromatic heterocycles. The Hall–Kier alpha value is -6.68. The number of nitrogens with one attached hydrogen (secondary N) is 4.